The summed E-state index contributed by atoms with van der Waals surface area (Å²) in [5.74, 6) is 3.24. The second-order valence-corrected chi connectivity index (χ2v) is 6.74. The first-order chi connectivity index (χ1) is 8.97. The number of rotatable bonds is 11. The Hall–Kier alpha value is -0.260. The highest BCUT2D eigenvalue weighted by atomic mass is 14.3. The maximum absolute atomic E-state index is 4.35. The summed E-state index contributed by atoms with van der Waals surface area (Å²) in [4.78, 5) is 0. The van der Waals surface area contributed by atoms with Crippen LogP contribution in [0.1, 0.15) is 86.5 Å². The molecule has 0 aliphatic heterocycles. The first kappa shape index (κ1) is 18.7. The lowest BCUT2D eigenvalue weighted by Gasteiger charge is -2.31. The Kier molecular flexibility index (Phi) is 10.4. The van der Waals surface area contributed by atoms with E-state index in [9.17, 15) is 0 Å². The van der Waals surface area contributed by atoms with Crippen molar-refractivity contribution >= 4 is 0 Å². The van der Waals surface area contributed by atoms with Gasteiger partial charge in [-0.05, 0) is 42.9 Å². The van der Waals surface area contributed by atoms with Gasteiger partial charge in [-0.1, -0.05) is 79.4 Å². The van der Waals surface area contributed by atoms with Crippen LogP contribution in [-0.4, -0.2) is 0 Å². The van der Waals surface area contributed by atoms with Crippen molar-refractivity contribution in [1.29, 1.82) is 0 Å². The highest BCUT2D eigenvalue weighted by Gasteiger charge is 2.24. The zero-order chi connectivity index (χ0) is 14.8. The smallest absolute Gasteiger partial charge is 0.0237 e. The Labute approximate surface area is 123 Å². The molecule has 0 saturated carbocycles. The van der Waals surface area contributed by atoms with Gasteiger partial charge in [0.05, 0.1) is 0 Å². The van der Waals surface area contributed by atoms with Gasteiger partial charge in [-0.3, -0.25) is 0 Å². The third-order valence-electron chi connectivity index (χ3n) is 4.96. The Bertz CT molecular complexity index is 226. The van der Waals surface area contributed by atoms with E-state index in [0.29, 0.717) is 5.92 Å². The van der Waals surface area contributed by atoms with Gasteiger partial charge in [-0.2, -0.15) is 0 Å². The minimum absolute atomic E-state index is 0.692. The largest absolute Gasteiger partial charge is 0.0996 e. The summed E-state index contributed by atoms with van der Waals surface area (Å²) in [5.41, 5.74) is 1.48. The fraction of sp³-hybridized carbons (Fsp3) is 0.895. The molecular weight excluding hydrogens is 228 g/mol. The van der Waals surface area contributed by atoms with Gasteiger partial charge < -0.3 is 0 Å². The molecule has 0 heteroatoms. The predicted molar refractivity (Wildman–Crippen MR) is 89.5 cm³/mol. The van der Waals surface area contributed by atoms with Crippen LogP contribution in [0.4, 0.5) is 0 Å². The van der Waals surface area contributed by atoms with Gasteiger partial charge in [0.1, 0.15) is 0 Å². The first-order valence-corrected chi connectivity index (χ1v) is 8.65. The van der Waals surface area contributed by atoms with E-state index in [-0.39, 0.29) is 0 Å². The van der Waals surface area contributed by atoms with Crippen molar-refractivity contribution in [3.05, 3.63) is 12.2 Å². The van der Waals surface area contributed by atoms with Crippen LogP contribution in [-0.2, 0) is 0 Å². The van der Waals surface area contributed by atoms with Crippen molar-refractivity contribution in [2.75, 3.05) is 0 Å². The molecule has 3 unspecified atom stereocenters. The second kappa shape index (κ2) is 10.5. The minimum Gasteiger partial charge on any atom is -0.0996 e. The molecule has 19 heavy (non-hydrogen) atoms. The van der Waals surface area contributed by atoms with Crippen molar-refractivity contribution in [2.45, 2.75) is 86.5 Å². The molecule has 0 aliphatic rings. The van der Waals surface area contributed by atoms with Gasteiger partial charge in [-0.15, -0.1) is 0 Å². The lowest BCUT2D eigenvalue weighted by atomic mass is 9.74. The molecule has 3 atom stereocenters. The van der Waals surface area contributed by atoms with Gasteiger partial charge in [-0.25, -0.2) is 0 Å². The zero-order valence-electron chi connectivity index (χ0n) is 14.5. The van der Waals surface area contributed by atoms with E-state index in [1.54, 1.807) is 0 Å². The number of hydrogen-bond acceptors (Lipinski definition) is 0. The number of allylic oxidation sites excluding steroid dienone is 1. The first-order valence-electron chi connectivity index (χ1n) is 8.65. The summed E-state index contributed by atoms with van der Waals surface area (Å²) in [6.07, 6.45) is 9.35. The summed E-state index contributed by atoms with van der Waals surface area (Å²) < 4.78 is 0. The van der Waals surface area contributed by atoms with Gasteiger partial charge in [0.2, 0.25) is 0 Å². The molecule has 0 aromatic carbocycles. The Morgan fingerprint density at radius 1 is 0.947 bits per heavy atom. The second-order valence-electron chi connectivity index (χ2n) is 6.74. The molecule has 0 nitrogen and oxygen atoms in total. The molecule has 0 spiro atoms. The van der Waals surface area contributed by atoms with E-state index >= 15 is 0 Å². The van der Waals surface area contributed by atoms with Crippen LogP contribution < -0.4 is 0 Å². The molecule has 0 rings (SSSR count). The van der Waals surface area contributed by atoms with Crippen LogP contribution >= 0.6 is 0 Å². The maximum Gasteiger partial charge on any atom is -0.0237 e. The van der Waals surface area contributed by atoms with Crippen LogP contribution in [0.15, 0.2) is 12.2 Å². The zero-order valence-corrected chi connectivity index (χ0v) is 14.5. The fourth-order valence-corrected chi connectivity index (χ4v) is 3.17. The Balaban J connectivity index is 4.52. The maximum atomic E-state index is 4.35. The summed E-state index contributed by atoms with van der Waals surface area (Å²) in [6.45, 7) is 18.4. The lowest BCUT2D eigenvalue weighted by Crippen LogP contribution is -2.21. The van der Waals surface area contributed by atoms with Gasteiger partial charge in [0.15, 0.2) is 0 Å². The molecule has 0 heterocycles. The minimum atomic E-state index is 0.692. The van der Waals surface area contributed by atoms with E-state index in [1.165, 1.54) is 50.5 Å². The summed E-state index contributed by atoms with van der Waals surface area (Å²) in [7, 11) is 0. The van der Waals surface area contributed by atoms with Gasteiger partial charge in [0.25, 0.3) is 0 Å². The molecule has 0 radical (unpaired) electrons. The van der Waals surface area contributed by atoms with Crippen LogP contribution in [0.2, 0.25) is 0 Å². The highest BCUT2D eigenvalue weighted by molar-refractivity contribution is 5.01. The molecule has 0 saturated heterocycles. The summed E-state index contributed by atoms with van der Waals surface area (Å²) in [5, 5.41) is 0. The van der Waals surface area contributed by atoms with E-state index in [2.05, 4.69) is 48.1 Å². The van der Waals surface area contributed by atoms with Crippen LogP contribution in [0.3, 0.4) is 0 Å². The van der Waals surface area contributed by atoms with Crippen LogP contribution in [0.5, 0.6) is 0 Å². The summed E-state index contributed by atoms with van der Waals surface area (Å²) in [6, 6.07) is 0. The average Bonchev–Trinajstić information content (AvgIpc) is 2.40. The van der Waals surface area contributed by atoms with E-state index in [0.717, 1.165) is 17.8 Å². The molecule has 0 aromatic heterocycles. The van der Waals surface area contributed by atoms with Crippen LogP contribution in [0.25, 0.3) is 0 Å². The molecule has 114 valence electrons. The predicted octanol–water partition coefficient (Wildman–Crippen LogP) is 6.86. The molecule has 0 bridgehead atoms. The molecule has 0 aromatic rings. The van der Waals surface area contributed by atoms with Crippen molar-refractivity contribution in [1.82, 2.24) is 0 Å². The molecule has 0 amide bonds. The third kappa shape index (κ3) is 7.18. The fourth-order valence-electron chi connectivity index (χ4n) is 3.17. The molecule has 0 aliphatic carbocycles. The lowest BCUT2D eigenvalue weighted by molar-refractivity contribution is 0.219. The van der Waals surface area contributed by atoms with E-state index < -0.39 is 0 Å². The summed E-state index contributed by atoms with van der Waals surface area (Å²) >= 11 is 0. The highest BCUT2D eigenvalue weighted by Crippen LogP contribution is 2.34. The topological polar surface area (TPSA) is 0 Å². The standard InChI is InChI=1S/C19H38/c1-8-11-12-13-19(15(4)5)18(10-3)14-17(7)16(6)9-2/h15-16,18-19H,7-14H2,1-6H3. The normalized spacial score (nSPS) is 16.4. The van der Waals surface area contributed by atoms with Crippen LogP contribution in [0, 0.1) is 23.7 Å². The SMILES string of the molecule is C=C(CC(CC)C(CCCCC)C(C)C)C(C)CC. The monoisotopic (exact) mass is 266 g/mol. The van der Waals surface area contributed by atoms with Gasteiger partial charge >= 0.3 is 0 Å². The van der Waals surface area contributed by atoms with Gasteiger partial charge in [0, 0.05) is 0 Å². The third-order valence-corrected chi connectivity index (χ3v) is 4.96. The van der Waals surface area contributed by atoms with Crippen molar-refractivity contribution in [3.8, 4) is 0 Å². The quantitative estimate of drug-likeness (QED) is 0.283. The van der Waals surface area contributed by atoms with Crippen molar-refractivity contribution < 1.29 is 0 Å². The molecule has 0 N–H and O–H groups in total. The number of hydrogen-bond donors (Lipinski definition) is 0. The molecule has 0 fully saturated rings. The molecular formula is C19H38. The number of unbranched alkanes of at least 4 members (excludes halogenated alkanes) is 2. The van der Waals surface area contributed by atoms with E-state index in [1.807, 2.05) is 0 Å². The van der Waals surface area contributed by atoms with Crippen molar-refractivity contribution in [2.24, 2.45) is 23.7 Å². The Morgan fingerprint density at radius 3 is 2.00 bits per heavy atom. The van der Waals surface area contributed by atoms with E-state index in [4.69, 9.17) is 0 Å². The Morgan fingerprint density at radius 2 is 1.58 bits per heavy atom. The van der Waals surface area contributed by atoms with Crippen molar-refractivity contribution in [3.63, 3.8) is 0 Å². The average molecular weight is 267 g/mol.